The van der Waals surface area contributed by atoms with E-state index < -0.39 is 15.8 Å². The minimum Gasteiger partial charge on any atom is -0.280 e. The lowest BCUT2D eigenvalue weighted by Gasteiger charge is -2.10. The molecule has 2 aromatic rings. The molecule has 19 heavy (non-hydrogen) atoms. The fourth-order valence-corrected chi connectivity index (χ4v) is 3.50. The molecular weight excluding hydrogens is 380 g/mol. The summed E-state index contributed by atoms with van der Waals surface area (Å²) in [5, 5.41) is 0. The average molecular weight is 391 g/mol. The van der Waals surface area contributed by atoms with Crippen molar-refractivity contribution in [3.63, 3.8) is 0 Å². The number of halogens is 2. The maximum atomic E-state index is 13.0. The van der Waals surface area contributed by atoms with Crippen molar-refractivity contribution in [2.24, 2.45) is 0 Å². The molecule has 0 aliphatic carbocycles. The minimum atomic E-state index is -3.70. The van der Waals surface area contributed by atoms with E-state index in [9.17, 15) is 12.8 Å². The van der Waals surface area contributed by atoms with Gasteiger partial charge in [0.05, 0.1) is 4.90 Å². The van der Waals surface area contributed by atoms with Crippen LogP contribution in [0.1, 0.15) is 5.56 Å². The zero-order chi connectivity index (χ0) is 14.0. The van der Waals surface area contributed by atoms with Crippen LogP contribution in [0.3, 0.4) is 0 Å². The molecule has 3 nitrogen and oxygen atoms in total. The summed E-state index contributed by atoms with van der Waals surface area (Å²) in [6, 6.07) is 10.6. The maximum Gasteiger partial charge on any atom is 0.262 e. The third-order valence-corrected chi connectivity index (χ3v) is 4.72. The van der Waals surface area contributed by atoms with Gasteiger partial charge in [-0.3, -0.25) is 4.72 Å². The highest BCUT2D eigenvalue weighted by atomic mass is 127. The maximum absolute atomic E-state index is 13.0. The quantitative estimate of drug-likeness (QED) is 0.814. The van der Waals surface area contributed by atoms with E-state index in [0.29, 0.717) is 11.3 Å². The molecule has 0 radical (unpaired) electrons. The summed E-state index contributed by atoms with van der Waals surface area (Å²) in [7, 11) is -3.70. The molecule has 0 aliphatic rings. The molecular formula is C13H11FINO2S. The van der Waals surface area contributed by atoms with E-state index in [1.807, 2.05) is 6.07 Å². The molecule has 0 aliphatic heterocycles. The van der Waals surface area contributed by atoms with Crippen LogP contribution in [0.25, 0.3) is 0 Å². The van der Waals surface area contributed by atoms with E-state index >= 15 is 0 Å². The van der Waals surface area contributed by atoms with Crippen LogP contribution in [-0.2, 0) is 10.0 Å². The van der Waals surface area contributed by atoms with Gasteiger partial charge in [0.15, 0.2) is 0 Å². The Kier molecular flexibility index (Phi) is 4.10. The van der Waals surface area contributed by atoms with Crippen LogP contribution in [0.15, 0.2) is 47.4 Å². The molecule has 0 atom stereocenters. The first-order chi connectivity index (χ1) is 8.88. The lowest BCUT2D eigenvalue weighted by atomic mass is 10.2. The summed E-state index contributed by atoms with van der Waals surface area (Å²) in [4.78, 5) is 0.0766. The fraction of sp³-hybridized carbons (Fsp3) is 0.0769. The van der Waals surface area contributed by atoms with Crippen molar-refractivity contribution in [3.05, 3.63) is 57.4 Å². The number of nitrogens with one attached hydrogen (secondary N) is 1. The topological polar surface area (TPSA) is 46.2 Å². The van der Waals surface area contributed by atoms with Gasteiger partial charge in [-0.15, -0.1) is 0 Å². The smallest absolute Gasteiger partial charge is 0.262 e. The minimum absolute atomic E-state index is 0.0766. The van der Waals surface area contributed by atoms with Crippen molar-refractivity contribution in [1.29, 1.82) is 0 Å². The van der Waals surface area contributed by atoms with E-state index in [-0.39, 0.29) is 4.90 Å². The highest BCUT2D eigenvalue weighted by Crippen LogP contribution is 2.21. The third kappa shape index (κ3) is 3.44. The second-order valence-electron chi connectivity index (χ2n) is 4.03. The van der Waals surface area contributed by atoms with Crippen molar-refractivity contribution in [1.82, 2.24) is 0 Å². The largest absolute Gasteiger partial charge is 0.280 e. The number of rotatable bonds is 3. The lowest BCUT2D eigenvalue weighted by molar-refractivity contribution is 0.598. The molecule has 0 fully saturated rings. The predicted octanol–water partition coefficient (Wildman–Crippen LogP) is 3.54. The molecule has 0 bridgehead atoms. The first kappa shape index (κ1) is 14.3. The second-order valence-corrected chi connectivity index (χ2v) is 6.92. The number of sulfonamides is 1. The monoisotopic (exact) mass is 391 g/mol. The summed E-state index contributed by atoms with van der Waals surface area (Å²) >= 11 is 2.10. The number of aryl methyl sites for hydroxylation is 1. The van der Waals surface area contributed by atoms with Crippen molar-refractivity contribution < 1.29 is 12.8 Å². The Hall–Kier alpha value is -1.15. The Bertz CT molecular complexity index is 716. The van der Waals surface area contributed by atoms with E-state index in [0.717, 1.165) is 9.64 Å². The van der Waals surface area contributed by atoms with Gasteiger partial charge in [0.1, 0.15) is 5.82 Å². The second kappa shape index (κ2) is 5.46. The van der Waals surface area contributed by atoms with Crippen LogP contribution in [-0.4, -0.2) is 8.42 Å². The van der Waals surface area contributed by atoms with Gasteiger partial charge in [-0.25, -0.2) is 12.8 Å². The van der Waals surface area contributed by atoms with Gasteiger partial charge in [0, 0.05) is 9.26 Å². The van der Waals surface area contributed by atoms with Crippen LogP contribution in [0, 0.1) is 16.3 Å². The third-order valence-electron chi connectivity index (χ3n) is 2.50. The Balaban J connectivity index is 2.38. The predicted molar refractivity (Wildman–Crippen MR) is 81.1 cm³/mol. The van der Waals surface area contributed by atoms with Crippen molar-refractivity contribution in [3.8, 4) is 0 Å². The molecule has 6 heteroatoms. The van der Waals surface area contributed by atoms with Crippen LogP contribution in [0.2, 0.25) is 0 Å². The molecule has 0 heterocycles. The number of hydrogen-bond donors (Lipinski definition) is 1. The summed E-state index contributed by atoms with van der Waals surface area (Å²) in [5.74, 6) is -0.453. The Labute approximate surface area is 125 Å². The van der Waals surface area contributed by atoms with Gasteiger partial charge in [-0.1, -0.05) is 6.07 Å². The van der Waals surface area contributed by atoms with Crippen molar-refractivity contribution >= 4 is 38.3 Å². The summed E-state index contributed by atoms with van der Waals surface area (Å²) in [6.07, 6.45) is 0. The van der Waals surface area contributed by atoms with Crippen LogP contribution in [0.5, 0.6) is 0 Å². The van der Waals surface area contributed by atoms with Crippen LogP contribution < -0.4 is 4.72 Å². The van der Waals surface area contributed by atoms with Gasteiger partial charge >= 0.3 is 0 Å². The number of benzene rings is 2. The van der Waals surface area contributed by atoms with E-state index in [1.54, 1.807) is 25.1 Å². The van der Waals surface area contributed by atoms with Gasteiger partial charge < -0.3 is 0 Å². The molecule has 1 N–H and O–H groups in total. The Morgan fingerprint density at radius 1 is 1.16 bits per heavy atom. The first-order valence-electron chi connectivity index (χ1n) is 5.43. The van der Waals surface area contributed by atoms with Gasteiger partial charge in [0.25, 0.3) is 10.0 Å². The summed E-state index contributed by atoms with van der Waals surface area (Å²) in [5.41, 5.74) is 0.855. The Morgan fingerprint density at radius 2 is 1.89 bits per heavy atom. The lowest BCUT2D eigenvalue weighted by Crippen LogP contribution is -2.14. The van der Waals surface area contributed by atoms with Crippen LogP contribution >= 0.6 is 22.6 Å². The average Bonchev–Trinajstić information content (AvgIpc) is 2.27. The highest BCUT2D eigenvalue weighted by molar-refractivity contribution is 14.1. The zero-order valence-corrected chi connectivity index (χ0v) is 13.0. The number of hydrogen-bond acceptors (Lipinski definition) is 2. The Morgan fingerprint density at radius 3 is 2.53 bits per heavy atom. The molecule has 0 saturated carbocycles. The molecule has 0 unspecified atom stereocenters. The molecule has 0 amide bonds. The van der Waals surface area contributed by atoms with Crippen LogP contribution in [0.4, 0.5) is 10.1 Å². The highest BCUT2D eigenvalue weighted by Gasteiger charge is 2.17. The summed E-state index contributed by atoms with van der Waals surface area (Å²) in [6.45, 7) is 1.56. The van der Waals surface area contributed by atoms with Gasteiger partial charge in [-0.05, 0) is 71.5 Å². The molecule has 100 valence electrons. The van der Waals surface area contributed by atoms with E-state index in [2.05, 4.69) is 27.3 Å². The van der Waals surface area contributed by atoms with Gasteiger partial charge in [-0.2, -0.15) is 0 Å². The van der Waals surface area contributed by atoms with Crippen molar-refractivity contribution in [2.45, 2.75) is 11.8 Å². The zero-order valence-electron chi connectivity index (χ0n) is 10.0. The summed E-state index contributed by atoms with van der Waals surface area (Å²) < 4.78 is 40.8. The standard InChI is InChI=1S/C13H11FINO2S/c1-9-7-10(14)5-6-13(9)19(17,18)16-12-4-2-3-11(15)8-12/h2-8,16H,1H3. The molecule has 0 aromatic heterocycles. The molecule has 0 spiro atoms. The first-order valence-corrected chi connectivity index (χ1v) is 7.99. The molecule has 2 aromatic carbocycles. The van der Waals surface area contributed by atoms with E-state index in [1.165, 1.54) is 12.1 Å². The van der Waals surface area contributed by atoms with Gasteiger partial charge in [0.2, 0.25) is 0 Å². The number of anilines is 1. The normalized spacial score (nSPS) is 11.3. The molecule has 2 rings (SSSR count). The molecule has 0 saturated heterocycles. The van der Waals surface area contributed by atoms with Crippen molar-refractivity contribution in [2.75, 3.05) is 4.72 Å². The fourth-order valence-electron chi connectivity index (χ4n) is 1.68. The SMILES string of the molecule is Cc1cc(F)ccc1S(=O)(=O)Nc1cccc(I)c1. The van der Waals surface area contributed by atoms with E-state index in [4.69, 9.17) is 0 Å².